The molecule has 0 atom stereocenters. The number of rotatable bonds is 4. The molecule has 1 aromatic heterocycles. The van der Waals surface area contributed by atoms with Crippen LogP contribution < -0.4 is 5.32 Å². The molecule has 0 unspecified atom stereocenters. The second-order valence-electron chi connectivity index (χ2n) is 5.31. The zero-order valence-corrected chi connectivity index (χ0v) is 12.7. The van der Waals surface area contributed by atoms with Crippen molar-refractivity contribution >= 4 is 16.6 Å². The van der Waals surface area contributed by atoms with E-state index in [0.717, 1.165) is 30.6 Å². The highest BCUT2D eigenvalue weighted by Gasteiger charge is 2.12. The average Bonchev–Trinajstić information content (AvgIpc) is 2.37. The summed E-state index contributed by atoms with van der Waals surface area (Å²) in [7, 11) is 0. The fourth-order valence-corrected chi connectivity index (χ4v) is 2.76. The van der Waals surface area contributed by atoms with Gasteiger partial charge in [0.1, 0.15) is 0 Å². The highest BCUT2D eigenvalue weighted by Crippen LogP contribution is 2.31. The Labute approximate surface area is 116 Å². The molecule has 1 N–H and O–H groups in total. The van der Waals surface area contributed by atoms with E-state index in [4.69, 9.17) is 4.98 Å². The fraction of sp³-hybridized carbons (Fsp3) is 0.471. The molecule has 0 spiro atoms. The number of hydrogen-bond donors (Lipinski definition) is 1. The Balaban J connectivity index is 2.76. The quantitative estimate of drug-likeness (QED) is 0.868. The summed E-state index contributed by atoms with van der Waals surface area (Å²) in [4.78, 5) is 4.82. The van der Waals surface area contributed by atoms with Crippen LogP contribution in [0.4, 0.5) is 5.69 Å². The molecule has 0 aliphatic rings. The Morgan fingerprint density at radius 2 is 1.84 bits per heavy atom. The largest absolute Gasteiger partial charge is 0.384 e. The number of benzene rings is 1. The number of fused-ring (bicyclic) bond motifs is 1. The average molecular weight is 256 g/mol. The monoisotopic (exact) mass is 256 g/mol. The van der Waals surface area contributed by atoms with Crippen LogP contribution in [-0.4, -0.2) is 11.5 Å². The second-order valence-corrected chi connectivity index (χ2v) is 5.31. The normalized spacial score (nSPS) is 11.0. The van der Waals surface area contributed by atoms with Gasteiger partial charge in [-0.3, -0.25) is 4.98 Å². The molecule has 0 aliphatic carbocycles. The van der Waals surface area contributed by atoms with Gasteiger partial charge < -0.3 is 5.32 Å². The molecule has 0 bridgehead atoms. The lowest BCUT2D eigenvalue weighted by Crippen LogP contribution is -2.07. The predicted molar refractivity (Wildman–Crippen MR) is 84.1 cm³/mol. The Bertz CT molecular complexity index is 600. The minimum Gasteiger partial charge on any atom is -0.384 e. The summed E-state index contributed by atoms with van der Waals surface area (Å²) in [6.45, 7) is 11.8. The van der Waals surface area contributed by atoms with Crippen molar-refractivity contribution in [3.05, 3.63) is 34.5 Å². The summed E-state index contributed by atoms with van der Waals surface area (Å²) in [6.07, 6.45) is 2.16. The number of anilines is 1. The van der Waals surface area contributed by atoms with Crippen LogP contribution >= 0.6 is 0 Å². The van der Waals surface area contributed by atoms with E-state index in [1.807, 2.05) is 0 Å². The maximum absolute atomic E-state index is 4.82. The summed E-state index contributed by atoms with van der Waals surface area (Å²) in [6, 6.07) is 4.47. The van der Waals surface area contributed by atoms with E-state index in [9.17, 15) is 0 Å². The first kappa shape index (κ1) is 13.9. The van der Waals surface area contributed by atoms with Gasteiger partial charge in [0.15, 0.2) is 0 Å². The lowest BCUT2D eigenvalue weighted by Gasteiger charge is -2.17. The number of nitrogens with zero attached hydrogens (tertiary/aromatic N) is 1. The van der Waals surface area contributed by atoms with Crippen molar-refractivity contribution in [2.24, 2.45) is 0 Å². The maximum Gasteiger partial charge on any atom is 0.0755 e. The van der Waals surface area contributed by atoms with E-state index in [1.165, 1.54) is 27.8 Å². The van der Waals surface area contributed by atoms with Crippen molar-refractivity contribution in [3.63, 3.8) is 0 Å². The lowest BCUT2D eigenvalue weighted by molar-refractivity contribution is 0.968. The Morgan fingerprint density at radius 3 is 2.47 bits per heavy atom. The van der Waals surface area contributed by atoms with Gasteiger partial charge in [-0.1, -0.05) is 25.5 Å². The molecule has 0 saturated carbocycles. The summed E-state index contributed by atoms with van der Waals surface area (Å²) in [5, 5.41) is 4.88. The fourth-order valence-electron chi connectivity index (χ4n) is 2.76. The van der Waals surface area contributed by atoms with Crippen molar-refractivity contribution in [2.75, 3.05) is 11.9 Å². The Morgan fingerprint density at radius 1 is 1.11 bits per heavy atom. The van der Waals surface area contributed by atoms with E-state index < -0.39 is 0 Å². The van der Waals surface area contributed by atoms with Gasteiger partial charge in [-0.2, -0.15) is 0 Å². The van der Waals surface area contributed by atoms with Crippen LogP contribution in [0.1, 0.15) is 42.7 Å². The number of nitrogens with one attached hydrogen (secondary N) is 1. The van der Waals surface area contributed by atoms with Crippen molar-refractivity contribution < 1.29 is 0 Å². The third-order valence-electron chi connectivity index (χ3n) is 3.64. The SMILES string of the molecule is CCCNc1c(CC)c(C)nc2c(C)cc(C)cc12. The van der Waals surface area contributed by atoms with Crippen LogP contribution in [0.5, 0.6) is 0 Å². The second kappa shape index (κ2) is 5.60. The summed E-state index contributed by atoms with van der Waals surface area (Å²) in [5.41, 5.74) is 7.50. The number of aryl methyl sites for hydroxylation is 3. The van der Waals surface area contributed by atoms with Gasteiger partial charge in [-0.15, -0.1) is 0 Å². The van der Waals surface area contributed by atoms with Crippen molar-refractivity contribution in [3.8, 4) is 0 Å². The molecule has 0 radical (unpaired) electrons. The molecular formula is C17H24N2. The van der Waals surface area contributed by atoms with Crippen LogP contribution in [0, 0.1) is 20.8 Å². The molecule has 19 heavy (non-hydrogen) atoms. The molecule has 0 aliphatic heterocycles. The molecule has 2 heteroatoms. The minimum atomic E-state index is 1.01. The van der Waals surface area contributed by atoms with Crippen LogP contribution in [0.2, 0.25) is 0 Å². The summed E-state index contributed by atoms with van der Waals surface area (Å²) < 4.78 is 0. The molecule has 0 fully saturated rings. The van der Waals surface area contributed by atoms with Gasteiger partial charge in [0.25, 0.3) is 0 Å². The number of pyridine rings is 1. The van der Waals surface area contributed by atoms with Gasteiger partial charge in [-0.25, -0.2) is 0 Å². The highest BCUT2D eigenvalue weighted by molar-refractivity contribution is 5.95. The van der Waals surface area contributed by atoms with E-state index >= 15 is 0 Å². The Hall–Kier alpha value is -1.57. The van der Waals surface area contributed by atoms with Gasteiger partial charge >= 0.3 is 0 Å². The van der Waals surface area contributed by atoms with E-state index in [-0.39, 0.29) is 0 Å². The van der Waals surface area contributed by atoms with E-state index in [2.05, 4.69) is 52.1 Å². The summed E-state index contributed by atoms with van der Waals surface area (Å²) >= 11 is 0. The standard InChI is InChI=1S/C17H24N2/c1-6-8-18-17-14(7-2)13(5)19-16-12(4)9-11(3)10-15(16)17/h9-10H,6-8H2,1-5H3,(H,18,19). The highest BCUT2D eigenvalue weighted by atomic mass is 14.9. The van der Waals surface area contributed by atoms with Crippen molar-refractivity contribution in [1.29, 1.82) is 0 Å². The first-order chi connectivity index (χ1) is 9.08. The zero-order valence-electron chi connectivity index (χ0n) is 12.7. The molecule has 1 heterocycles. The van der Waals surface area contributed by atoms with Gasteiger partial charge in [0.05, 0.1) is 5.52 Å². The predicted octanol–water partition coefficient (Wildman–Crippen LogP) is 4.54. The number of aromatic nitrogens is 1. The van der Waals surface area contributed by atoms with E-state index in [0.29, 0.717) is 0 Å². The summed E-state index contributed by atoms with van der Waals surface area (Å²) in [5.74, 6) is 0. The third kappa shape index (κ3) is 2.58. The molecule has 2 rings (SSSR count). The van der Waals surface area contributed by atoms with E-state index in [1.54, 1.807) is 0 Å². The molecule has 1 aromatic carbocycles. The molecular weight excluding hydrogens is 232 g/mol. The van der Waals surface area contributed by atoms with Crippen molar-refractivity contribution in [1.82, 2.24) is 4.98 Å². The molecule has 0 amide bonds. The van der Waals surface area contributed by atoms with Gasteiger partial charge in [-0.05, 0) is 50.8 Å². The number of hydrogen-bond acceptors (Lipinski definition) is 2. The third-order valence-corrected chi connectivity index (χ3v) is 3.64. The van der Waals surface area contributed by atoms with Gasteiger partial charge in [0.2, 0.25) is 0 Å². The van der Waals surface area contributed by atoms with Crippen molar-refractivity contribution in [2.45, 2.75) is 47.5 Å². The maximum atomic E-state index is 4.82. The van der Waals surface area contributed by atoms with Crippen LogP contribution in [0.3, 0.4) is 0 Å². The lowest BCUT2D eigenvalue weighted by atomic mass is 10.00. The van der Waals surface area contributed by atoms with Crippen LogP contribution in [0.15, 0.2) is 12.1 Å². The Kier molecular flexibility index (Phi) is 4.08. The van der Waals surface area contributed by atoms with Crippen LogP contribution in [-0.2, 0) is 6.42 Å². The first-order valence-corrected chi connectivity index (χ1v) is 7.22. The first-order valence-electron chi connectivity index (χ1n) is 7.22. The van der Waals surface area contributed by atoms with Crippen LogP contribution in [0.25, 0.3) is 10.9 Å². The zero-order chi connectivity index (χ0) is 14.0. The molecule has 0 saturated heterocycles. The minimum absolute atomic E-state index is 1.01. The topological polar surface area (TPSA) is 24.9 Å². The smallest absolute Gasteiger partial charge is 0.0755 e. The van der Waals surface area contributed by atoms with Gasteiger partial charge in [0, 0.05) is 23.3 Å². The molecule has 2 nitrogen and oxygen atoms in total. The molecule has 102 valence electrons. The molecule has 2 aromatic rings.